The lowest BCUT2D eigenvalue weighted by atomic mass is 10.2. The molecule has 0 aliphatic carbocycles. The van der Waals surface area contributed by atoms with Crippen LogP contribution in [0.4, 0.5) is 4.79 Å². The second-order valence-electron chi connectivity index (χ2n) is 5.13. The highest BCUT2D eigenvalue weighted by Crippen LogP contribution is 2.29. The number of hydrogen-bond donors (Lipinski definition) is 0. The average Bonchev–Trinajstić information content (AvgIpc) is 2.65. The smallest absolute Gasteiger partial charge is 0.420 e. The summed E-state index contributed by atoms with van der Waals surface area (Å²) >= 11 is 9.58. The number of nitrogens with zero attached hydrogens (tertiary/aromatic N) is 2. The fourth-order valence-corrected chi connectivity index (χ4v) is 2.50. The van der Waals surface area contributed by atoms with Crippen LogP contribution in [-0.4, -0.2) is 21.2 Å². The molecule has 0 fully saturated rings. The number of halogens is 2. The van der Waals surface area contributed by atoms with Crippen molar-refractivity contribution in [2.24, 2.45) is 0 Å². The van der Waals surface area contributed by atoms with Crippen LogP contribution < -0.4 is 0 Å². The minimum atomic E-state index is -0.562. The van der Waals surface area contributed by atoms with E-state index in [2.05, 4.69) is 20.9 Å². The summed E-state index contributed by atoms with van der Waals surface area (Å²) in [5.41, 5.74) is 0.932. The van der Waals surface area contributed by atoms with Gasteiger partial charge in [0.25, 0.3) is 0 Å². The van der Waals surface area contributed by atoms with Crippen molar-refractivity contribution in [2.75, 3.05) is 0 Å². The van der Waals surface area contributed by atoms with E-state index >= 15 is 0 Å². The van der Waals surface area contributed by atoms with Crippen molar-refractivity contribution >= 4 is 44.7 Å². The Bertz CT molecular complexity index is 631. The Morgan fingerprint density at radius 2 is 2.21 bits per heavy atom. The largest absolute Gasteiger partial charge is 0.443 e. The van der Waals surface area contributed by atoms with Crippen molar-refractivity contribution in [3.8, 4) is 0 Å². The lowest BCUT2D eigenvalue weighted by Gasteiger charge is -2.19. The van der Waals surface area contributed by atoms with Gasteiger partial charge >= 0.3 is 6.09 Å². The third-order valence-corrected chi connectivity index (χ3v) is 3.35. The molecule has 0 aliphatic heterocycles. The molecule has 19 heavy (non-hydrogen) atoms. The first-order chi connectivity index (χ1) is 8.83. The molecule has 0 unspecified atom stereocenters. The van der Waals surface area contributed by atoms with E-state index in [-0.39, 0.29) is 0 Å². The molecular weight excluding hydrogens is 332 g/mol. The second kappa shape index (κ2) is 5.13. The number of ether oxygens (including phenoxy) is 1. The van der Waals surface area contributed by atoms with Crippen molar-refractivity contribution in [3.63, 3.8) is 0 Å². The van der Waals surface area contributed by atoms with Gasteiger partial charge in [-0.05, 0) is 32.4 Å². The molecule has 0 saturated heterocycles. The van der Waals surface area contributed by atoms with Gasteiger partial charge in [-0.2, -0.15) is 0 Å². The lowest BCUT2D eigenvalue weighted by molar-refractivity contribution is 0.0543. The Hall–Kier alpha value is -1.07. The quantitative estimate of drug-likeness (QED) is 0.721. The van der Waals surface area contributed by atoms with Gasteiger partial charge in [-0.15, -0.1) is 0 Å². The van der Waals surface area contributed by atoms with Crippen molar-refractivity contribution in [1.82, 2.24) is 9.55 Å². The number of pyridine rings is 1. The van der Waals surface area contributed by atoms with Crippen molar-refractivity contribution in [2.45, 2.75) is 31.7 Å². The van der Waals surface area contributed by atoms with Crippen LogP contribution in [0.15, 0.2) is 18.5 Å². The molecule has 0 bridgehead atoms. The Balaban J connectivity index is 2.54. The predicted molar refractivity (Wildman–Crippen MR) is 79.0 cm³/mol. The van der Waals surface area contributed by atoms with Crippen LogP contribution in [0.2, 0.25) is 5.02 Å². The summed E-state index contributed by atoms with van der Waals surface area (Å²) in [6, 6.07) is 1.86. The van der Waals surface area contributed by atoms with E-state index < -0.39 is 11.7 Å². The fraction of sp³-hybridized carbons (Fsp3) is 0.385. The molecule has 2 aromatic rings. The van der Waals surface area contributed by atoms with Gasteiger partial charge in [0.1, 0.15) is 5.60 Å². The van der Waals surface area contributed by atoms with Crippen molar-refractivity contribution in [1.29, 1.82) is 0 Å². The van der Waals surface area contributed by atoms with Gasteiger partial charge < -0.3 is 4.74 Å². The van der Waals surface area contributed by atoms with Crippen LogP contribution in [0.25, 0.3) is 11.0 Å². The molecule has 0 aromatic carbocycles. The molecule has 0 atom stereocenters. The molecule has 4 nitrogen and oxygen atoms in total. The molecule has 2 rings (SSSR count). The molecule has 0 amide bonds. The number of fused-ring (bicyclic) bond motifs is 1. The Morgan fingerprint density at radius 3 is 2.79 bits per heavy atom. The first kappa shape index (κ1) is 14.3. The Morgan fingerprint density at radius 1 is 1.53 bits per heavy atom. The van der Waals surface area contributed by atoms with Crippen LogP contribution in [0.3, 0.4) is 0 Å². The normalized spacial score (nSPS) is 11.8. The van der Waals surface area contributed by atoms with Crippen LogP contribution in [-0.2, 0) is 10.1 Å². The standard InChI is InChI=1S/C13H14BrClN2O2/c1-13(2,3)19-12(18)17-7-9(15)10-8(6-14)4-5-16-11(10)17/h4-5,7H,6H2,1-3H3. The predicted octanol–water partition coefficient (Wildman–Crippen LogP) is 4.37. The highest BCUT2D eigenvalue weighted by atomic mass is 79.9. The molecule has 102 valence electrons. The summed E-state index contributed by atoms with van der Waals surface area (Å²) in [4.78, 5) is 16.3. The molecule has 2 aromatic heterocycles. The van der Waals surface area contributed by atoms with Crippen molar-refractivity contribution in [3.05, 3.63) is 29.0 Å². The van der Waals surface area contributed by atoms with Gasteiger partial charge in [-0.25, -0.2) is 14.3 Å². The van der Waals surface area contributed by atoms with E-state index in [9.17, 15) is 4.79 Å². The van der Waals surface area contributed by atoms with Crippen LogP contribution >= 0.6 is 27.5 Å². The molecule has 0 saturated carbocycles. The van der Waals surface area contributed by atoms with E-state index in [0.717, 1.165) is 10.9 Å². The molecule has 0 aliphatic rings. The zero-order valence-electron chi connectivity index (χ0n) is 10.9. The zero-order valence-corrected chi connectivity index (χ0v) is 13.2. The third kappa shape index (κ3) is 2.92. The molecule has 6 heteroatoms. The maximum atomic E-state index is 12.1. The van der Waals surface area contributed by atoms with E-state index in [4.69, 9.17) is 16.3 Å². The first-order valence-electron chi connectivity index (χ1n) is 5.77. The zero-order chi connectivity index (χ0) is 14.2. The summed E-state index contributed by atoms with van der Waals surface area (Å²) in [5, 5.41) is 1.90. The molecular formula is C13H14BrClN2O2. The number of hydrogen-bond acceptors (Lipinski definition) is 3. The number of carbonyl (C=O) groups excluding carboxylic acids is 1. The Labute approximate surface area is 124 Å². The number of alkyl halides is 1. The molecule has 0 spiro atoms. The third-order valence-electron chi connectivity index (χ3n) is 2.46. The maximum absolute atomic E-state index is 12.1. The van der Waals surface area contributed by atoms with Gasteiger partial charge in [-0.3, -0.25) is 0 Å². The SMILES string of the molecule is CC(C)(C)OC(=O)n1cc(Cl)c2c(CBr)ccnc21. The highest BCUT2D eigenvalue weighted by Gasteiger charge is 2.21. The summed E-state index contributed by atoms with van der Waals surface area (Å²) in [6.07, 6.45) is 2.71. The minimum Gasteiger partial charge on any atom is -0.443 e. The average molecular weight is 346 g/mol. The maximum Gasteiger partial charge on any atom is 0.420 e. The Kier molecular flexibility index (Phi) is 3.87. The van der Waals surface area contributed by atoms with Crippen LogP contribution in [0.1, 0.15) is 26.3 Å². The van der Waals surface area contributed by atoms with Gasteiger partial charge in [0.15, 0.2) is 5.65 Å². The highest BCUT2D eigenvalue weighted by molar-refractivity contribution is 9.08. The van der Waals surface area contributed by atoms with Gasteiger partial charge in [0, 0.05) is 23.1 Å². The van der Waals surface area contributed by atoms with E-state index in [0.29, 0.717) is 16.0 Å². The summed E-state index contributed by atoms with van der Waals surface area (Å²) < 4.78 is 6.67. The minimum absolute atomic E-state index is 0.483. The van der Waals surface area contributed by atoms with Gasteiger partial charge in [-0.1, -0.05) is 27.5 Å². The number of rotatable bonds is 1. The van der Waals surface area contributed by atoms with Crippen LogP contribution in [0, 0.1) is 0 Å². The topological polar surface area (TPSA) is 44.1 Å². The molecule has 0 radical (unpaired) electrons. The van der Waals surface area contributed by atoms with Crippen molar-refractivity contribution < 1.29 is 9.53 Å². The van der Waals surface area contributed by atoms with Gasteiger partial charge in [0.05, 0.1) is 5.02 Å². The van der Waals surface area contributed by atoms with E-state index in [1.54, 1.807) is 12.4 Å². The molecule has 2 heterocycles. The van der Waals surface area contributed by atoms with E-state index in [1.807, 2.05) is 26.8 Å². The summed E-state index contributed by atoms with van der Waals surface area (Å²) in [6.45, 7) is 5.45. The van der Waals surface area contributed by atoms with E-state index in [1.165, 1.54) is 4.57 Å². The number of aromatic nitrogens is 2. The first-order valence-corrected chi connectivity index (χ1v) is 7.27. The lowest BCUT2D eigenvalue weighted by Crippen LogP contribution is -2.26. The number of carbonyl (C=O) groups is 1. The monoisotopic (exact) mass is 344 g/mol. The summed E-state index contributed by atoms with van der Waals surface area (Å²) in [7, 11) is 0. The van der Waals surface area contributed by atoms with Gasteiger partial charge in [0.2, 0.25) is 0 Å². The summed E-state index contributed by atoms with van der Waals surface area (Å²) in [5.74, 6) is 0. The second-order valence-corrected chi connectivity index (χ2v) is 6.10. The van der Waals surface area contributed by atoms with Crippen LogP contribution in [0.5, 0.6) is 0 Å². The fourth-order valence-electron chi connectivity index (χ4n) is 1.73. The molecule has 0 N–H and O–H groups in total.